The van der Waals surface area contributed by atoms with Crippen molar-refractivity contribution in [1.82, 2.24) is 0 Å². The van der Waals surface area contributed by atoms with Crippen LogP contribution in [0.4, 0.5) is 11.4 Å². The zero-order chi connectivity index (χ0) is 15.2. The Morgan fingerprint density at radius 1 is 0.857 bits per heavy atom. The molecule has 0 radical (unpaired) electrons. The third-order valence-corrected chi connectivity index (χ3v) is 3.23. The number of hydrogen-bond acceptors (Lipinski definition) is 3. The van der Waals surface area contributed by atoms with Crippen LogP contribution >= 0.6 is 11.6 Å². The smallest absolute Gasteiger partial charge is 0.158 e. The fourth-order valence-corrected chi connectivity index (χ4v) is 1.85. The van der Waals surface area contributed by atoms with Crippen molar-refractivity contribution in [3.05, 3.63) is 70.5 Å². The molecule has 4 heteroatoms. The number of nitrogens with zero attached hydrogens (tertiary/aromatic N) is 1. The molecule has 0 spiro atoms. The van der Waals surface area contributed by atoms with E-state index in [0.717, 1.165) is 11.4 Å². The number of nitriles is 1. The molecule has 0 aliphatic carbocycles. The lowest BCUT2D eigenvalue weighted by Gasteiger charge is -2.14. The standard InChI is InChI=1S/C17H16ClN3/c1-12-3-7-14(8-4-12)20-17(16(18)11-19)21-15-9-5-13(2)6-10-15/h3-10,20-21H,1-2H3. The number of aryl methyl sites for hydroxylation is 2. The SMILES string of the molecule is Cc1ccc(NC(Nc2ccc(C)cc2)=C(Cl)C#N)cc1. The first-order chi connectivity index (χ1) is 10.1. The summed E-state index contributed by atoms with van der Waals surface area (Å²) in [6.45, 7) is 4.04. The quantitative estimate of drug-likeness (QED) is 0.800. The van der Waals surface area contributed by atoms with Gasteiger partial charge in [0.2, 0.25) is 0 Å². The molecule has 0 saturated heterocycles. The van der Waals surface area contributed by atoms with E-state index in [4.69, 9.17) is 16.9 Å². The van der Waals surface area contributed by atoms with Crippen molar-refractivity contribution in [3.8, 4) is 6.07 Å². The van der Waals surface area contributed by atoms with Gasteiger partial charge in [0.15, 0.2) is 5.03 Å². The highest BCUT2D eigenvalue weighted by Crippen LogP contribution is 2.18. The summed E-state index contributed by atoms with van der Waals surface area (Å²) in [7, 11) is 0. The van der Waals surface area contributed by atoms with Gasteiger partial charge in [-0.25, -0.2) is 0 Å². The minimum absolute atomic E-state index is 0.0798. The third kappa shape index (κ3) is 4.27. The molecule has 0 unspecified atom stereocenters. The van der Waals surface area contributed by atoms with E-state index in [2.05, 4.69) is 10.6 Å². The molecule has 2 N–H and O–H groups in total. The van der Waals surface area contributed by atoms with Crippen molar-refractivity contribution in [3.63, 3.8) is 0 Å². The van der Waals surface area contributed by atoms with Crippen molar-refractivity contribution in [2.24, 2.45) is 0 Å². The van der Waals surface area contributed by atoms with Gasteiger partial charge in [-0.05, 0) is 38.1 Å². The molecular weight excluding hydrogens is 282 g/mol. The molecule has 0 amide bonds. The second-order valence-corrected chi connectivity index (χ2v) is 5.16. The van der Waals surface area contributed by atoms with Gasteiger partial charge in [0.25, 0.3) is 0 Å². The van der Waals surface area contributed by atoms with Crippen LogP contribution in [0.15, 0.2) is 59.4 Å². The van der Waals surface area contributed by atoms with Gasteiger partial charge in [-0.15, -0.1) is 0 Å². The molecule has 0 atom stereocenters. The summed E-state index contributed by atoms with van der Waals surface area (Å²) in [6, 6.07) is 17.7. The van der Waals surface area contributed by atoms with Crippen LogP contribution in [0.2, 0.25) is 0 Å². The highest BCUT2D eigenvalue weighted by Gasteiger charge is 2.06. The number of halogens is 1. The van der Waals surface area contributed by atoms with Crippen molar-refractivity contribution < 1.29 is 0 Å². The predicted molar refractivity (Wildman–Crippen MR) is 88.1 cm³/mol. The predicted octanol–water partition coefficient (Wildman–Crippen LogP) is 4.76. The maximum Gasteiger partial charge on any atom is 0.158 e. The summed E-state index contributed by atoms with van der Waals surface area (Å²) in [5.41, 5.74) is 4.07. The van der Waals surface area contributed by atoms with E-state index in [0.29, 0.717) is 5.82 Å². The highest BCUT2D eigenvalue weighted by molar-refractivity contribution is 6.32. The molecule has 21 heavy (non-hydrogen) atoms. The van der Waals surface area contributed by atoms with E-state index in [-0.39, 0.29) is 5.03 Å². The van der Waals surface area contributed by atoms with Crippen LogP contribution < -0.4 is 10.6 Å². The van der Waals surface area contributed by atoms with E-state index < -0.39 is 0 Å². The molecular formula is C17H16ClN3. The van der Waals surface area contributed by atoms with Gasteiger partial charge in [-0.3, -0.25) is 0 Å². The summed E-state index contributed by atoms with van der Waals surface area (Å²) in [4.78, 5) is 0. The first-order valence-corrected chi connectivity index (χ1v) is 6.93. The molecule has 2 aromatic rings. The molecule has 2 rings (SSSR count). The zero-order valence-corrected chi connectivity index (χ0v) is 12.7. The van der Waals surface area contributed by atoms with Crippen molar-refractivity contribution >= 4 is 23.0 Å². The molecule has 3 nitrogen and oxygen atoms in total. The van der Waals surface area contributed by atoms with Crippen LogP contribution in [0.1, 0.15) is 11.1 Å². The van der Waals surface area contributed by atoms with Crippen LogP contribution in [-0.2, 0) is 0 Å². The van der Waals surface area contributed by atoms with Gasteiger partial charge >= 0.3 is 0 Å². The first-order valence-electron chi connectivity index (χ1n) is 6.56. The average Bonchev–Trinajstić information content (AvgIpc) is 2.50. The summed E-state index contributed by atoms with van der Waals surface area (Å²) >= 11 is 5.99. The van der Waals surface area contributed by atoms with Crippen LogP contribution in [0.25, 0.3) is 0 Å². The van der Waals surface area contributed by atoms with Gasteiger partial charge in [-0.2, -0.15) is 5.26 Å². The van der Waals surface area contributed by atoms with Crippen LogP contribution in [0.3, 0.4) is 0 Å². The zero-order valence-electron chi connectivity index (χ0n) is 11.9. The minimum Gasteiger partial charge on any atom is -0.340 e. The number of allylic oxidation sites excluding steroid dienone is 1. The number of nitrogens with one attached hydrogen (secondary N) is 2. The Morgan fingerprint density at radius 2 is 1.24 bits per heavy atom. The van der Waals surface area contributed by atoms with Gasteiger partial charge in [0.05, 0.1) is 0 Å². The summed E-state index contributed by atoms with van der Waals surface area (Å²) in [5, 5.41) is 15.4. The fraction of sp³-hybridized carbons (Fsp3) is 0.118. The van der Waals surface area contributed by atoms with Crippen molar-refractivity contribution in [2.75, 3.05) is 10.6 Å². The largest absolute Gasteiger partial charge is 0.340 e. The van der Waals surface area contributed by atoms with Crippen LogP contribution in [0.5, 0.6) is 0 Å². The lowest BCUT2D eigenvalue weighted by molar-refractivity contribution is 1.33. The Labute approximate surface area is 129 Å². The second kappa shape index (κ2) is 6.83. The summed E-state index contributed by atoms with van der Waals surface area (Å²) in [6.07, 6.45) is 0. The van der Waals surface area contributed by atoms with E-state index in [1.165, 1.54) is 11.1 Å². The Kier molecular flexibility index (Phi) is 4.86. The maximum atomic E-state index is 9.03. The fourth-order valence-electron chi connectivity index (χ4n) is 1.76. The summed E-state index contributed by atoms with van der Waals surface area (Å²) in [5.74, 6) is 0.465. The maximum absolute atomic E-state index is 9.03. The van der Waals surface area contributed by atoms with E-state index in [1.807, 2.05) is 68.4 Å². The topological polar surface area (TPSA) is 47.8 Å². The monoisotopic (exact) mass is 297 g/mol. The van der Waals surface area contributed by atoms with E-state index in [9.17, 15) is 0 Å². The lowest BCUT2D eigenvalue weighted by atomic mass is 10.2. The van der Waals surface area contributed by atoms with Crippen molar-refractivity contribution in [2.45, 2.75) is 13.8 Å². The van der Waals surface area contributed by atoms with Crippen LogP contribution in [0, 0.1) is 25.2 Å². The molecule has 0 heterocycles. The molecule has 2 aromatic carbocycles. The first kappa shape index (κ1) is 15.0. The molecule has 106 valence electrons. The van der Waals surface area contributed by atoms with Gasteiger partial charge in [0.1, 0.15) is 11.9 Å². The van der Waals surface area contributed by atoms with E-state index >= 15 is 0 Å². The number of rotatable bonds is 4. The molecule has 0 bridgehead atoms. The van der Waals surface area contributed by atoms with Crippen molar-refractivity contribution in [1.29, 1.82) is 5.26 Å². The normalized spacial score (nSPS) is 9.62. The Morgan fingerprint density at radius 3 is 1.57 bits per heavy atom. The Hall–Kier alpha value is -2.44. The van der Waals surface area contributed by atoms with Crippen LogP contribution in [-0.4, -0.2) is 0 Å². The average molecular weight is 298 g/mol. The Bertz CT molecular complexity index is 630. The van der Waals surface area contributed by atoms with E-state index in [1.54, 1.807) is 0 Å². The lowest BCUT2D eigenvalue weighted by Crippen LogP contribution is -2.11. The molecule has 0 aromatic heterocycles. The number of hydrogen-bond donors (Lipinski definition) is 2. The summed E-state index contributed by atoms with van der Waals surface area (Å²) < 4.78 is 0. The van der Waals surface area contributed by atoms with Gasteiger partial charge < -0.3 is 10.6 Å². The highest BCUT2D eigenvalue weighted by atomic mass is 35.5. The van der Waals surface area contributed by atoms with Gasteiger partial charge in [-0.1, -0.05) is 47.0 Å². The molecule has 0 fully saturated rings. The second-order valence-electron chi connectivity index (χ2n) is 4.78. The molecule has 0 saturated carbocycles. The molecule has 0 aliphatic heterocycles. The minimum atomic E-state index is 0.0798. The number of benzene rings is 2. The van der Waals surface area contributed by atoms with Gasteiger partial charge in [0, 0.05) is 11.4 Å². The molecule has 0 aliphatic rings. The number of anilines is 2. The third-order valence-electron chi connectivity index (χ3n) is 2.96. The Balaban J connectivity index is 2.22.